The fourth-order valence-electron chi connectivity index (χ4n) is 2.41. The lowest BCUT2D eigenvalue weighted by molar-refractivity contribution is 0.793. The summed E-state index contributed by atoms with van der Waals surface area (Å²) in [5.74, 6) is 0.603. The van der Waals surface area contributed by atoms with E-state index < -0.39 is 0 Å². The highest BCUT2D eigenvalue weighted by atomic mass is 15.2. The minimum atomic E-state index is 0.603. The number of fused-ring (bicyclic) bond motifs is 1. The van der Waals surface area contributed by atoms with Crippen LogP contribution in [0.3, 0.4) is 0 Å². The fraction of sp³-hybridized carbons (Fsp3) is 0.250. The van der Waals surface area contributed by atoms with E-state index in [2.05, 4.69) is 67.3 Å². The summed E-state index contributed by atoms with van der Waals surface area (Å²) in [6.07, 6.45) is 6.97. The Hall–Kier alpha value is -1.76. The Morgan fingerprint density at radius 2 is 1.82 bits per heavy atom. The number of hydrogen-bond donors (Lipinski definition) is 0. The molecule has 3 rings (SSSR count). The van der Waals surface area contributed by atoms with Gasteiger partial charge in [-0.25, -0.2) is 0 Å². The summed E-state index contributed by atoms with van der Waals surface area (Å²) >= 11 is 0. The molecule has 1 aliphatic heterocycles. The van der Waals surface area contributed by atoms with Crippen molar-refractivity contribution in [1.29, 1.82) is 0 Å². The normalized spacial score (nSPS) is 18.1. The smallest absolute Gasteiger partial charge is 0.0487 e. The molecule has 0 aromatic heterocycles. The third kappa shape index (κ3) is 1.72. The maximum absolute atomic E-state index is 2.38. The van der Waals surface area contributed by atoms with Gasteiger partial charge in [-0.15, -0.1) is 0 Å². The maximum Gasteiger partial charge on any atom is 0.0487 e. The first-order chi connectivity index (χ1) is 8.25. The summed E-state index contributed by atoms with van der Waals surface area (Å²) < 4.78 is 0. The van der Waals surface area contributed by atoms with Crippen LogP contribution in [-0.2, 0) is 0 Å². The average Bonchev–Trinajstić information content (AvgIpc) is 2.89. The lowest BCUT2D eigenvalue weighted by atomic mass is 10.1. The maximum atomic E-state index is 2.38. The van der Waals surface area contributed by atoms with E-state index in [-0.39, 0.29) is 0 Å². The van der Waals surface area contributed by atoms with Gasteiger partial charge in [-0.3, -0.25) is 0 Å². The van der Waals surface area contributed by atoms with Crippen molar-refractivity contribution < 1.29 is 0 Å². The molecule has 1 heteroatoms. The van der Waals surface area contributed by atoms with Crippen LogP contribution >= 0.6 is 0 Å². The second-order valence-corrected chi connectivity index (χ2v) is 4.93. The number of anilines is 1. The van der Waals surface area contributed by atoms with Crippen LogP contribution in [-0.4, -0.2) is 6.54 Å². The average molecular weight is 223 g/mol. The number of benzene rings is 1. The second kappa shape index (κ2) is 3.92. The first kappa shape index (κ1) is 10.4. The van der Waals surface area contributed by atoms with Gasteiger partial charge in [-0.1, -0.05) is 38.1 Å². The predicted molar refractivity (Wildman–Crippen MR) is 72.9 cm³/mol. The van der Waals surface area contributed by atoms with Gasteiger partial charge in [0.1, 0.15) is 0 Å². The van der Waals surface area contributed by atoms with Gasteiger partial charge >= 0.3 is 0 Å². The van der Waals surface area contributed by atoms with Gasteiger partial charge in [0.05, 0.1) is 0 Å². The molecule has 0 N–H and O–H groups in total. The van der Waals surface area contributed by atoms with E-state index in [0.717, 1.165) is 6.54 Å². The van der Waals surface area contributed by atoms with E-state index in [1.165, 1.54) is 22.5 Å². The largest absolute Gasteiger partial charge is 0.337 e. The van der Waals surface area contributed by atoms with Crippen molar-refractivity contribution in [1.82, 2.24) is 0 Å². The van der Waals surface area contributed by atoms with Gasteiger partial charge in [0.2, 0.25) is 0 Å². The van der Waals surface area contributed by atoms with Crippen LogP contribution in [0.5, 0.6) is 0 Å². The fourth-order valence-corrected chi connectivity index (χ4v) is 2.41. The third-order valence-electron chi connectivity index (χ3n) is 3.44. The van der Waals surface area contributed by atoms with Crippen molar-refractivity contribution in [3.05, 3.63) is 65.4 Å². The SMILES string of the molecule is CC(C)C1=CC2=CCN(c3ccccc3)C2=C1. The molecule has 1 aromatic rings. The van der Waals surface area contributed by atoms with E-state index in [0.29, 0.717) is 5.92 Å². The highest BCUT2D eigenvalue weighted by molar-refractivity contribution is 5.68. The Morgan fingerprint density at radius 3 is 2.53 bits per heavy atom. The summed E-state index contributed by atoms with van der Waals surface area (Å²) in [5, 5.41) is 0. The van der Waals surface area contributed by atoms with E-state index in [1.54, 1.807) is 0 Å². The van der Waals surface area contributed by atoms with Crippen LogP contribution in [0.2, 0.25) is 0 Å². The molecule has 0 saturated heterocycles. The lowest BCUT2D eigenvalue weighted by Crippen LogP contribution is -2.17. The van der Waals surface area contributed by atoms with Gasteiger partial charge < -0.3 is 4.90 Å². The van der Waals surface area contributed by atoms with Crippen LogP contribution in [0.25, 0.3) is 0 Å². The summed E-state index contributed by atoms with van der Waals surface area (Å²) in [7, 11) is 0. The highest BCUT2D eigenvalue weighted by Crippen LogP contribution is 2.36. The third-order valence-corrected chi connectivity index (χ3v) is 3.44. The van der Waals surface area contributed by atoms with Crippen LogP contribution in [0, 0.1) is 5.92 Å². The molecule has 1 heterocycles. The zero-order valence-corrected chi connectivity index (χ0v) is 10.4. The number of hydrogen-bond acceptors (Lipinski definition) is 1. The monoisotopic (exact) mass is 223 g/mol. The molecule has 0 spiro atoms. The van der Waals surface area contributed by atoms with Gasteiger partial charge in [0, 0.05) is 17.9 Å². The minimum Gasteiger partial charge on any atom is -0.337 e. The van der Waals surface area contributed by atoms with Gasteiger partial charge in [-0.2, -0.15) is 0 Å². The van der Waals surface area contributed by atoms with Gasteiger partial charge in [0.25, 0.3) is 0 Å². The Morgan fingerprint density at radius 1 is 1.06 bits per heavy atom. The molecule has 0 fully saturated rings. The van der Waals surface area contributed by atoms with E-state index in [1.807, 2.05) is 0 Å². The van der Waals surface area contributed by atoms with E-state index in [4.69, 9.17) is 0 Å². The first-order valence-electron chi connectivity index (χ1n) is 6.22. The quantitative estimate of drug-likeness (QED) is 0.734. The van der Waals surface area contributed by atoms with Crippen molar-refractivity contribution >= 4 is 5.69 Å². The topological polar surface area (TPSA) is 3.24 Å². The number of rotatable bonds is 2. The van der Waals surface area contributed by atoms with E-state index >= 15 is 0 Å². The molecule has 86 valence electrons. The highest BCUT2D eigenvalue weighted by Gasteiger charge is 2.24. The molecule has 0 unspecified atom stereocenters. The molecule has 0 radical (unpaired) electrons. The zero-order chi connectivity index (χ0) is 11.8. The molecule has 1 aliphatic carbocycles. The molecule has 2 aliphatic rings. The Kier molecular flexibility index (Phi) is 2.40. The molecule has 1 aromatic carbocycles. The summed E-state index contributed by atoms with van der Waals surface area (Å²) in [4.78, 5) is 2.38. The zero-order valence-electron chi connectivity index (χ0n) is 10.4. The van der Waals surface area contributed by atoms with Crippen molar-refractivity contribution in [2.45, 2.75) is 13.8 Å². The predicted octanol–water partition coefficient (Wildman–Crippen LogP) is 3.91. The molecular weight excluding hydrogens is 206 g/mol. The van der Waals surface area contributed by atoms with Crippen LogP contribution in [0.4, 0.5) is 5.69 Å². The molecule has 0 amide bonds. The lowest BCUT2D eigenvalue weighted by Gasteiger charge is -2.20. The van der Waals surface area contributed by atoms with Crippen LogP contribution in [0.15, 0.2) is 65.4 Å². The molecule has 0 bridgehead atoms. The van der Waals surface area contributed by atoms with Crippen LogP contribution < -0.4 is 4.90 Å². The van der Waals surface area contributed by atoms with Crippen molar-refractivity contribution in [3.63, 3.8) is 0 Å². The van der Waals surface area contributed by atoms with Gasteiger partial charge in [0.15, 0.2) is 0 Å². The summed E-state index contributed by atoms with van der Waals surface area (Å²) in [6, 6.07) is 10.6. The van der Waals surface area contributed by atoms with Crippen molar-refractivity contribution in [2.75, 3.05) is 11.4 Å². The molecule has 1 nitrogen and oxygen atoms in total. The Bertz CT molecular complexity index is 518. The minimum absolute atomic E-state index is 0.603. The summed E-state index contributed by atoms with van der Waals surface area (Å²) in [5.41, 5.74) is 5.47. The molecule has 0 atom stereocenters. The second-order valence-electron chi connectivity index (χ2n) is 4.93. The number of nitrogens with zero attached hydrogens (tertiary/aromatic N) is 1. The van der Waals surface area contributed by atoms with Gasteiger partial charge in [-0.05, 0) is 41.3 Å². The summed E-state index contributed by atoms with van der Waals surface area (Å²) in [6.45, 7) is 5.49. The number of allylic oxidation sites excluding steroid dienone is 3. The standard InChI is InChI=1S/C16H17N/c1-12(2)14-10-13-8-9-17(16(13)11-14)15-6-4-3-5-7-15/h3-8,10-12H,9H2,1-2H3. The Balaban J connectivity index is 1.93. The van der Waals surface area contributed by atoms with Crippen LogP contribution in [0.1, 0.15) is 13.8 Å². The Labute approximate surface area is 103 Å². The molecular formula is C16H17N. The molecule has 17 heavy (non-hydrogen) atoms. The first-order valence-corrected chi connectivity index (χ1v) is 6.22. The van der Waals surface area contributed by atoms with Crippen molar-refractivity contribution in [3.8, 4) is 0 Å². The van der Waals surface area contributed by atoms with E-state index in [9.17, 15) is 0 Å². The number of para-hydroxylation sites is 1. The van der Waals surface area contributed by atoms with Crippen molar-refractivity contribution in [2.24, 2.45) is 5.92 Å². The molecule has 0 saturated carbocycles.